The average molecular weight is 307 g/mol. The van der Waals surface area contributed by atoms with Crippen molar-refractivity contribution < 1.29 is 9.13 Å². The van der Waals surface area contributed by atoms with E-state index in [0.717, 1.165) is 6.42 Å². The minimum Gasteiger partial charge on any atom is -0.492 e. The Bertz CT molecular complexity index is 572. The van der Waals surface area contributed by atoms with Gasteiger partial charge in [-0.05, 0) is 23.6 Å². The van der Waals surface area contributed by atoms with Crippen LogP contribution >= 0.6 is 11.3 Å². The van der Waals surface area contributed by atoms with Gasteiger partial charge < -0.3 is 15.8 Å². The Balaban J connectivity index is 1.61. The number of ether oxygens (including phenoxy) is 1. The first kappa shape index (κ1) is 15.3. The van der Waals surface area contributed by atoms with Gasteiger partial charge in [-0.2, -0.15) is 0 Å². The van der Waals surface area contributed by atoms with E-state index in [1.54, 1.807) is 23.5 Å². The van der Waals surface area contributed by atoms with Gasteiger partial charge in [0.25, 0.3) is 0 Å². The van der Waals surface area contributed by atoms with Crippen molar-refractivity contribution >= 4 is 17.3 Å². The van der Waals surface area contributed by atoms with Gasteiger partial charge in [0.05, 0.1) is 6.54 Å². The standard InChI is InChI=1S/C15H18FN3OS/c16-12-3-1-4-13(11-12)20-9-8-19-15(17)18-7-6-14-5-2-10-21-14/h1-5,10-11H,6-9H2,(H3,17,18,19). The maximum Gasteiger partial charge on any atom is 0.188 e. The van der Waals surface area contributed by atoms with E-state index in [-0.39, 0.29) is 5.82 Å². The molecule has 0 saturated carbocycles. The van der Waals surface area contributed by atoms with Crippen molar-refractivity contribution in [3.05, 3.63) is 52.5 Å². The third-order valence-corrected chi connectivity index (χ3v) is 3.63. The van der Waals surface area contributed by atoms with Crippen LogP contribution in [0, 0.1) is 5.82 Å². The number of aliphatic imine (C=N–C) groups is 1. The van der Waals surface area contributed by atoms with Crippen molar-refractivity contribution in [3.63, 3.8) is 0 Å². The van der Waals surface area contributed by atoms with Crippen molar-refractivity contribution in [1.29, 1.82) is 0 Å². The number of rotatable bonds is 7. The maximum absolute atomic E-state index is 12.9. The lowest BCUT2D eigenvalue weighted by Crippen LogP contribution is -2.34. The largest absolute Gasteiger partial charge is 0.492 e. The van der Waals surface area contributed by atoms with E-state index in [9.17, 15) is 4.39 Å². The predicted molar refractivity (Wildman–Crippen MR) is 84.4 cm³/mol. The Morgan fingerprint density at radius 3 is 3.00 bits per heavy atom. The summed E-state index contributed by atoms with van der Waals surface area (Å²) in [4.78, 5) is 5.52. The molecule has 0 bridgehead atoms. The first-order chi connectivity index (χ1) is 10.2. The second kappa shape index (κ2) is 8.26. The Kier molecular flexibility index (Phi) is 6.02. The second-order valence-corrected chi connectivity index (χ2v) is 5.36. The molecule has 4 nitrogen and oxygen atoms in total. The highest BCUT2D eigenvalue weighted by Gasteiger charge is 1.97. The highest BCUT2D eigenvalue weighted by Crippen LogP contribution is 2.11. The predicted octanol–water partition coefficient (Wildman–Crippen LogP) is 2.41. The fourth-order valence-corrected chi connectivity index (χ4v) is 2.40. The van der Waals surface area contributed by atoms with E-state index in [0.29, 0.717) is 31.4 Å². The molecule has 1 aromatic heterocycles. The third kappa shape index (κ3) is 5.83. The summed E-state index contributed by atoms with van der Waals surface area (Å²) in [6, 6.07) is 10.1. The van der Waals surface area contributed by atoms with E-state index >= 15 is 0 Å². The van der Waals surface area contributed by atoms with Crippen LogP contribution in [0.5, 0.6) is 5.75 Å². The quantitative estimate of drug-likeness (QED) is 0.469. The van der Waals surface area contributed by atoms with Gasteiger partial charge in [-0.1, -0.05) is 12.1 Å². The summed E-state index contributed by atoms with van der Waals surface area (Å²) >= 11 is 1.71. The first-order valence-corrected chi connectivity index (χ1v) is 7.56. The van der Waals surface area contributed by atoms with Crippen molar-refractivity contribution in [3.8, 4) is 5.75 Å². The van der Waals surface area contributed by atoms with E-state index in [2.05, 4.69) is 16.4 Å². The summed E-state index contributed by atoms with van der Waals surface area (Å²) in [5.41, 5.74) is 5.74. The van der Waals surface area contributed by atoms with Gasteiger partial charge in [-0.15, -0.1) is 11.3 Å². The van der Waals surface area contributed by atoms with Gasteiger partial charge in [0.2, 0.25) is 0 Å². The summed E-state index contributed by atoms with van der Waals surface area (Å²) in [6.45, 7) is 1.57. The Labute approximate surface area is 127 Å². The van der Waals surface area contributed by atoms with Crippen LogP contribution in [0.15, 0.2) is 46.8 Å². The van der Waals surface area contributed by atoms with Gasteiger partial charge in [0.15, 0.2) is 5.96 Å². The first-order valence-electron chi connectivity index (χ1n) is 6.68. The van der Waals surface area contributed by atoms with Gasteiger partial charge in [-0.3, -0.25) is 4.99 Å². The average Bonchev–Trinajstić information content (AvgIpc) is 2.97. The lowest BCUT2D eigenvalue weighted by atomic mass is 10.3. The van der Waals surface area contributed by atoms with E-state index in [1.165, 1.54) is 17.0 Å². The highest BCUT2D eigenvalue weighted by molar-refractivity contribution is 7.09. The van der Waals surface area contributed by atoms with Gasteiger partial charge in [0.1, 0.15) is 18.2 Å². The Morgan fingerprint density at radius 1 is 1.33 bits per heavy atom. The molecular weight excluding hydrogens is 289 g/mol. The van der Waals surface area contributed by atoms with Crippen molar-refractivity contribution in [2.75, 3.05) is 19.7 Å². The van der Waals surface area contributed by atoms with Crippen molar-refractivity contribution in [2.45, 2.75) is 6.42 Å². The molecule has 3 N–H and O–H groups in total. The minimum atomic E-state index is -0.310. The van der Waals surface area contributed by atoms with E-state index < -0.39 is 0 Å². The molecule has 0 amide bonds. The molecule has 6 heteroatoms. The number of guanidine groups is 1. The normalized spacial score (nSPS) is 11.4. The molecule has 0 spiro atoms. The number of nitrogens with zero attached hydrogens (tertiary/aromatic N) is 1. The molecular formula is C15H18FN3OS. The monoisotopic (exact) mass is 307 g/mol. The molecule has 0 fully saturated rings. The molecule has 2 rings (SSSR count). The van der Waals surface area contributed by atoms with Crippen molar-refractivity contribution in [1.82, 2.24) is 5.32 Å². The van der Waals surface area contributed by atoms with Crippen LogP contribution in [0.25, 0.3) is 0 Å². The summed E-state index contributed by atoms with van der Waals surface area (Å²) in [5, 5.41) is 5.01. The van der Waals surface area contributed by atoms with Gasteiger partial charge in [-0.25, -0.2) is 4.39 Å². The SMILES string of the molecule is NC(=NCCc1cccs1)NCCOc1cccc(F)c1. The Morgan fingerprint density at radius 2 is 2.24 bits per heavy atom. The molecule has 0 atom stereocenters. The zero-order valence-corrected chi connectivity index (χ0v) is 12.4. The maximum atomic E-state index is 12.9. The molecule has 1 aromatic carbocycles. The number of hydrogen-bond donors (Lipinski definition) is 2. The van der Waals surface area contributed by atoms with Crippen molar-refractivity contribution in [2.24, 2.45) is 10.7 Å². The van der Waals surface area contributed by atoms with Gasteiger partial charge >= 0.3 is 0 Å². The molecule has 21 heavy (non-hydrogen) atoms. The van der Waals surface area contributed by atoms with Gasteiger partial charge in [0, 0.05) is 23.9 Å². The Hall–Kier alpha value is -2.08. The number of halogens is 1. The number of nitrogens with two attached hydrogens (primary N) is 1. The molecule has 112 valence electrons. The summed E-state index contributed by atoms with van der Waals surface area (Å²) in [6.07, 6.45) is 0.889. The smallest absolute Gasteiger partial charge is 0.188 e. The molecule has 0 aliphatic heterocycles. The highest BCUT2D eigenvalue weighted by atomic mass is 32.1. The number of thiophene rings is 1. The van der Waals surface area contributed by atoms with Crippen LogP contribution in [-0.2, 0) is 6.42 Å². The van der Waals surface area contributed by atoms with E-state index in [1.807, 2.05) is 11.4 Å². The van der Waals surface area contributed by atoms with E-state index in [4.69, 9.17) is 10.5 Å². The fourth-order valence-electron chi connectivity index (χ4n) is 1.70. The summed E-state index contributed by atoms with van der Waals surface area (Å²) < 4.78 is 18.3. The van der Waals surface area contributed by atoms with Crippen LogP contribution < -0.4 is 15.8 Å². The molecule has 0 radical (unpaired) electrons. The molecule has 0 saturated heterocycles. The third-order valence-electron chi connectivity index (χ3n) is 2.69. The van der Waals surface area contributed by atoms with Crippen LogP contribution in [0.3, 0.4) is 0 Å². The fraction of sp³-hybridized carbons (Fsp3) is 0.267. The minimum absolute atomic E-state index is 0.310. The molecule has 0 aliphatic rings. The number of nitrogens with one attached hydrogen (secondary N) is 1. The lowest BCUT2D eigenvalue weighted by molar-refractivity contribution is 0.320. The number of benzene rings is 1. The van der Waals surface area contributed by atoms with Crippen LogP contribution in [0.4, 0.5) is 4.39 Å². The number of hydrogen-bond acceptors (Lipinski definition) is 3. The zero-order valence-electron chi connectivity index (χ0n) is 11.6. The summed E-state index contributed by atoms with van der Waals surface area (Å²) in [5.74, 6) is 0.592. The summed E-state index contributed by atoms with van der Waals surface area (Å²) in [7, 11) is 0. The molecule has 0 aliphatic carbocycles. The van der Waals surface area contributed by atoms with Crippen LogP contribution in [0.1, 0.15) is 4.88 Å². The lowest BCUT2D eigenvalue weighted by Gasteiger charge is -2.08. The molecule has 2 aromatic rings. The zero-order chi connectivity index (χ0) is 14.9. The molecule has 0 unspecified atom stereocenters. The molecule has 1 heterocycles. The second-order valence-electron chi connectivity index (χ2n) is 4.33. The topological polar surface area (TPSA) is 59.6 Å². The van der Waals surface area contributed by atoms with Crippen LogP contribution in [0.2, 0.25) is 0 Å². The van der Waals surface area contributed by atoms with Crippen LogP contribution in [-0.4, -0.2) is 25.7 Å².